The molecule has 0 aliphatic carbocycles. The van der Waals surface area contributed by atoms with Gasteiger partial charge in [0.25, 0.3) is 5.91 Å². The third kappa shape index (κ3) is 3.55. The highest BCUT2D eigenvalue weighted by Gasteiger charge is 2.29. The Morgan fingerprint density at radius 3 is 2.50 bits per heavy atom. The van der Waals surface area contributed by atoms with E-state index >= 15 is 0 Å². The standard InChI is InChI=1S/C17H21NO4/c1-11-9-14(12(2)22-11)17(3,21)10-18-16(20)15(19)13-7-5-4-6-8-13/h4-9,15,19,21H,10H2,1-3H3,(H,18,20)/t15-,17+/m1/s1. The number of hydrogen-bond donors (Lipinski definition) is 3. The number of aliphatic hydroxyl groups excluding tert-OH is 1. The van der Waals surface area contributed by atoms with Crippen molar-refractivity contribution in [1.29, 1.82) is 0 Å². The van der Waals surface area contributed by atoms with Crippen LogP contribution in [0.2, 0.25) is 0 Å². The number of carbonyl (C=O) groups is 1. The van der Waals surface area contributed by atoms with Gasteiger partial charge >= 0.3 is 0 Å². The van der Waals surface area contributed by atoms with E-state index in [1.165, 1.54) is 0 Å². The molecular formula is C17H21NO4. The summed E-state index contributed by atoms with van der Waals surface area (Å²) in [5.74, 6) is 0.758. The Labute approximate surface area is 129 Å². The van der Waals surface area contributed by atoms with Gasteiger partial charge < -0.3 is 19.9 Å². The predicted molar refractivity (Wildman–Crippen MR) is 82.2 cm³/mol. The van der Waals surface area contributed by atoms with E-state index in [-0.39, 0.29) is 6.54 Å². The average molecular weight is 303 g/mol. The summed E-state index contributed by atoms with van der Waals surface area (Å²) < 4.78 is 5.40. The molecule has 5 heteroatoms. The van der Waals surface area contributed by atoms with E-state index in [2.05, 4.69) is 5.32 Å². The van der Waals surface area contributed by atoms with Crippen LogP contribution in [0.25, 0.3) is 0 Å². The lowest BCUT2D eigenvalue weighted by Crippen LogP contribution is -2.40. The topological polar surface area (TPSA) is 82.7 Å². The highest BCUT2D eigenvalue weighted by molar-refractivity contribution is 5.81. The summed E-state index contributed by atoms with van der Waals surface area (Å²) in [6.45, 7) is 5.14. The summed E-state index contributed by atoms with van der Waals surface area (Å²) >= 11 is 0. The van der Waals surface area contributed by atoms with Gasteiger partial charge in [0, 0.05) is 5.56 Å². The van der Waals surface area contributed by atoms with Gasteiger partial charge in [0.05, 0.1) is 6.54 Å². The molecular weight excluding hydrogens is 282 g/mol. The summed E-state index contributed by atoms with van der Waals surface area (Å²) in [7, 11) is 0. The van der Waals surface area contributed by atoms with Crippen LogP contribution >= 0.6 is 0 Å². The molecule has 0 bridgehead atoms. The van der Waals surface area contributed by atoms with E-state index in [4.69, 9.17) is 4.42 Å². The van der Waals surface area contributed by atoms with Crippen LogP contribution in [-0.4, -0.2) is 22.7 Å². The molecule has 118 valence electrons. The number of nitrogens with one attached hydrogen (secondary N) is 1. The smallest absolute Gasteiger partial charge is 0.253 e. The zero-order chi connectivity index (χ0) is 16.3. The zero-order valence-electron chi connectivity index (χ0n) is 13.0. The lowest BCUT2D eigenvalue weighted by Gasteiger charge is -2.24. The molecule has 0 saturated heterocycles. The van der Waals surface area contributed by atoms with Crippen molar-refractivity contribution in [3.63, 3.8) is 0 Å². The second-order valence-electron chi connectivity index (χ2n) is 5.63. The number of benzene rings is 1. The third-order valence-corrected chi connectivity index (χ3v) is 3.59. The van der Waals surface area contributed by atoms with E-state index < -0.39 is 17.6 Å². The lowest BCUT2D eigenvalue weighted by atomic mass is 9.96. The van der Waals surface area contributed by atoms with Crippen LogP contribution in [-0.2, 0) is 10.4 Å². The van der Waals surface area contributed by atoms with Gasteiger partial charge in [0.1, 0.15) is 17.1 Å². The molecule has 0 spiro atoms. The Balaban J connectivity index is 2.02. The van der Waals surface area contributed by atoms with Crippen LogP contribution < -0.4 is 5.32 Å². The van der Waals surface area contributed by atoms with Gasteiger partial charge in [-0.2, -0.15) is 0 Å². The number of aliphatic hydroxyl groups is 2. The first kappa shape index (κ1) is 16.3. The first-order valence-electron chi connectivity index (χ1n) is 7.12. The van der Waals surface area contributed by atoms with E-state index in [0.29, 0.717) is 22.6 Å². The summed E-state index contributed by atoms with van der Waals surface area (Å²) in [5, 5.41) is 23.1. The number of rotatable bonds is 5. The maximum atomic E-state index is 12.0. The van der Waals surface area contributed by atoms with Crippen molar-refractivity contribution >= 4 is 5.91 Å². The fourth-order valence-corrected chi connectivity index (χ4v) is 2.40. The van der Waals surface area contributed by atoms with E-state index in [1.54, 1.807) is 51.1 Å². The Morgan fingerprint density at radius 2 is 1.95 bits per heavy atom. The van der Waals surface area contributed by atoms with Crippen LogP contribution in [0.5, 0.6) is 0 Å². The quantitative estimate of drug-likeness (QED) is 0.788. The van der Waals surface area contributed by atoms with Crippen molar-refractivity contribution in [1.82, 2.24) is 5.32 Å². The van der Waals surface area contributed by atoms with Crippen LogP contribution in [0.4, 0.5) is 0 Å². The summed E-state index contributed by atoms with van der Waals surface area (Å²) in [6.07, 6.45) is -1.26. The SMILES string of the molecule is Cc1cc([C@@](C)(O)CNC(=O)[C@H](O)c2ccccc2)c(C)o1. The normalized spacial score (nSPS) is 15.1. The Bertz CT molecular complexity index is 646. The van der Waals surface area contributed by atoms with Gasteiger partial charge in [0.15, 0.2) is 6.10 Å². The third-order valence-electron chi connectivity index (χ3n) is 3.59. The first-order chi connectivity index (χ1) is 10.3. The molecule has 22 heavy (non-hydrogen) atoms. The van der Waals surface area contributed by atoms with Gasteiger partial charge in [-0.25, -0.2) is 0 Å². The van der Waals surface area contributed by atoms with Crippen molar-refractivity contribution < 1.29 is 19.4 Å². The fraction of sp³-hybridized carbons (Fsp3) is 0.353. The van der Waals surface area contributed by atoms with Gasteiger partial charge in [-0.1, -0.05) is 30.3 Å². The van der Waals surface area contributed by atoms with Gasteiger partial charge in [-0.05, 0) is 32.4 Å². The second kappa shape index (κ2) is 6.34. The second-order valence-corrected chi connectivity index (χ2v) is 5.63. The summed E-state index contributed by atoms with van der Waals surface area (Å²) in [5.41, 5.74) is -0.136. The number of furan rings is 1. The van der Waals surface area contributed by atoms with Crippen LogP contribution in [0.3, 0.4) is 0 Å². The molecule has 1 aromatic heterocycles. The molecule has 0 aliphatic rings. The minimum Gasteiger partial charge on any atom is -0.466 e. The maximum Gasteiger partial charge on any atom is 0.253 e. The molecule has 0 unspecified atom stereocenters. The highest BCUT2D eigenvalue weighted by atomic mass is 16.3. The van der Waals surface area contributed by atoms with Gasteiger partial charge in [-0.15, -0.1) is 0 Å². The van der Waals surface area contributed by atoms with Crippen LogP contribution in [0.1, 0.15) is 35.7 Å². The molecule has 0 fully saturated rings. The van der Waals surface area contributed by atoms with Crippen molar-refractivity contribution in [2.75, 3.05) is 6.54 Å². The van der Waals surface area contributed by atoms with Gasteiger partial charge in [0.2, 0.25) is 0 Å². The maximum absolute atomic E-state index is 12.0. The Morgan fingerprint density at radius 1 is 1.32 bits per heavy atom. The monoisotopic (exact) mass is 303 g/mol. The minimum absolute atomic E-state index is 0.0183. The Kier molecular flexibility index (Phi) is 4.68. The fourth-order valence-electron chi connectivity index (χ4n) is 2.40. The van der Waals surface area contributed by atoms with Crippen LogP contribution in [0, 0.1) is 13.8 Å². The van der Waals surface area contributed by atoms with Crippen molar-refractivity contribution in [3.05, 3.63) is 59.0 Å². The zero-order valence-corrected chi connectivity index (χ0v) is 13.0. The van der Waals surface area contributed by atoms with E-state index in [1.807, 2.05) is 6.07 Å². The summed E-state index contributed by atoms with van der Waals surface area (Å²) in [4.78, 5) is 12.0. The molecule has 5 nitrogen and oxygen atoms in total. The molecule has 0 aliphatic heterocycles. The van der Waals surface area contributed by atoms with Crippen molar-refractivity contribution in [2.45, 2.75) is 32.5 Å². The first-order valence-corrected chi connectivity index (χ1v) is 7.12. The van der Waals surface area contributed by atoms with Crippen LogP contribution in [0.15, 0.2) is 40.8 Å². The molecule has 1 heterocycles. The lowest BCUT2D eigenvalue weighted by molar-refractivity contribution is -0.130. The number of carbonyl (C=O) groups excluding carboxylic acids is 1. The van der Waals surface area contributed by atoms with Crippen molar-refractivity contribution in [3.8, 4) is 0 Å². The van der Waals surface area contributed by atoms with E-state index in [0.717, 1.165) is 0 Å². The molecule has 1 amide bonds. The highest BCUT2D eigenvalue weighted by Crippen LogP contribution is 2.26. The minimum atomic E-state index is -1.27. The molecule has 0 radical (unpaired) electrons. The molecule has 0 saturated carbocycles. The van der Waals surface area contributed by atoms with Crippen molar-refractivity contribution in [2.24, 2.45) is 0 Å². The largest absolute Gasteiger partial charge is 0.466 e. The molecule has 2 aromatic rings. The van der Waals surface area contributed by atoms with E-state index in [9.17, 15) is 15.0 Å². The molecule has 1 aromatic carbocycles. The number of aryl methyl sites for hydroxylation is 2. The number of amides is 1. The number of hydrogen-bond acceptors (Lipinski definition) is 4. The predicted octanol–water partition coefficient (Wildman–Crippen LogP) is 1.95. The van der Waals surface area contributed by atoms with Gasteiger partial charge in [-0.3, -0.25) is 4.79 Å². The molecule has 2 rings (SSSR count). The Hall–Kier alpha value is -2.11. The molecule has 2 atom stereocenters. The summed E-state index contributed by atoms with van der Waals surface area (Å²) in [6, 6.07) is 10.4. The molecule has 3 N–H and O–H groups in total. The average Bonchev–Trinajstić information content (AvgIpc) is 2.84.